The van der Waals surface area contributed by atoms with Gasteiger partial charge in [0.05, 0.1) is 6.54 Å². The van der Waals surface area contributed by atoms with Crippen LogP contribution in [0.2, 0.25) is 0 Å². The summed E-state index contributed by atoms with van der Waals surface area (Å²) in [7, 11) is 0. The quantitative estimate of drug-likeness (QED) is 0.529. The number of hydrogen-bond acceptors (Lipinski definition) is 5. The minimum atomic E-state index is -1.01. The lowest BCUT2D eigenvalue weighted by Gasteiger charge is -1.84. The van der Waals surface area contributed by atoms with E-state index in [9.17, 15) is 0 Å². The molecule has 0 spiro atoms. The van der Waals surface area contributed by atoms with Gasteiger partial charge in [0.2, 0.25) is 0 Å². The third-order valence-corrected chi connectivity index (χ3v) is 0.724. The Balaban J connectivity index is 0.000000640. The van der Waals surface area contributed by atoms with Gasteiger partial charge in [-0.1, -0.05) is 0 Å². The van der Waals surface area contributed by atoms with E-state index in [1.54, 1.807) is 0 Å². The Morgan fingerprint density at radius 1 is 1.67 bits per heavy atom. The van der Waals surface area contributed by atoms with Gasteiger partial charge in [-0.15, -0.1) is 22.6 Å². The lowest BCUT2D eigenvalue weighted by Crippen LogP contribution is -2.09. The van der Waals surface area contributed by atoms with Crippen molar-refractivity contribution in [2.75, 3.05) is 6.54 Å². The van der Waals surface area contributed by atoms with E-state index in [1.807, 2.05) is 0 Å². The molecule has 1 unspecified atom stereocenters. The van der Waals surface area contributed by atoms with Crippen LogP contribution in [0, 0.1) is 0 Å². The summed E-state index contributed by atoms with van der Waals surface area (Å²) in [6, 6.07) is 0. The molecule has 3 N–H and O–H groups in total. The molecule has 1 aliphatic heterocycles. The van der Waals surface area contributed by atoms with Crippen molar-refractivity contribution >= 4 is 18.2 Å². The van der Waals surface area contributed by atoms with E-state index in [-0.39, 0.29) is 19.0 Å². The maximum absolute atomic E-state index is 8.53. The van der Waals surface area contributed by atoms with Crippen LogP contribution in [0.3, 0.4) is 0 Å². The van der Waals surface area contributed by atoms with Gasteiger partial charge >= 0.3 is 0 Å². The molecule has 1 atom stereocenters. The van der Waals surface area contributed by atoms with Gasteiger partial charge in [0.1, 0.15) is 0 Å². The fourth-order valence-corrected chi connectivity index (χ4v) is 0.397. The number of aliphatic hydroxyl groups is 1. The standard InChI is InChI=1S/C3H6N4O.ClH/c4-1-2-5-3(8)7-6-2;/h3,8H,1,4H2;1H. The van der Waals surface area contributed by atoms with Crippen LogP contribution in [0.4, 0.5) is 0 Å². The van der Waals surface area contributed by atoms with Crippen molar-refractivity contribution in [3.8, 4) is 0 Å². The van der Waals surface area contributed by atoms with Crippen molar-refractivity contribution in [1.29, 1.82) is 0 Å². The van der Waals surface area contributed by atoms with Gasteiger partial charge in [-0.3, -0.25) is 0 Å². The van der Waals surface area contributed by atoms with Crippen molar-refractivity contribution in [3.63, 3.8) is 0 Å². The average Bonchev–Trinajstić information content (AvgIpc) is 2.14. The first-order valence-corrected chi connectivity index (χ1v) is 2.18. The minimum absolute atomic E-state index is 0. The van der Waals surface area contributed by atoms with Gasteiger partial charge in [0, 0.05) is 0 Å². The molecule has 0 aromatic rings. The molecular weight excluding hydrogens is 144 g/mol. The van der Waals surface area contributed by atoms with Gasteiger partial charge in [-0.05, 0) is 0 Å². The Morgan fingerprint density at radius 2 is 2.33 bits per heavy atom. The maximum Gasteiger partial charge on any atom is 0.264 e. The van der Waals surface area contributed by atoms with Crippen LogP contribution in [0.1, 0.15) is 0 Å². The van der Waals surface area contributed by atoms with Crippen LogP contribution in [-0.2, 0) is 0 Å². The van der Waals surface area contributed by atoms with Crippen molar-refractivity contribution in [2.24, 2.45) is 21.0 Å². The van der Waals surface area contributed by atoms with E-state index in [0.717, 1.165) is 0 Å². The number of nitrogens with two attached hydrogens (primary N) is 1. The number of hydrogen-bond donors (Lipinski definition) is 2. The second-order valence-electron chi connectivity index (χ2n) is 1.31. The van der Waals surface area contributed by atoms with Crippen LogP contribution in [0.5, 0.6) is 0 Å². The van der Waals surface area contributed by atoms with Crippen LogP contribution in [0.25, 0.3) is 0 Å². The number of halogens is 1. The van der Waals surface area contributed by atoms with Crippen molar-refractivity contribution in [1.82, 2.24) is 0 Å². The molecule has 52 valence electrons. The predicted molar refractivity (Wildman–Crippen MR) is 34.6 cm³/mol. The van der Waals surface area contributed by atoms with Crippen LogP contribution >= 0.6 is 12.4 Å². The molecule has 6 heteroatoms. The Morgan fingerprint density at radius 3 is 2.56 bits per heavy atom. The molecule has 0 radical (unpaired) electrons. The fraction of sp³-hybridized carbons (Fsp3) is 0.667. The molecule has 1 heterocycles. The first-order valence-electron chi connectivity index (χ1n) is 2.18. The van der Waals surface area contributed by atoms with E-state index in [1.165, 1.54) is 0 Å². The number of nitrogens with zero attached hydrogens (tertiary/aromatic N) is 3. The molecule has 0 amide bonds. The summed E-state index contributed by atoms with van der Waals surface area (Å²) >= 11 is 0. The molecule has 0 aliphatic carbocycles. The monoisotopic (exact) mass is 150 g/mol. The van der Waals surface area contributed by atoms with Gasteiger partial charge in [0.15, 0.2) is 5.84 Å². The summed E-state index contributed by atoms with van der Waals surface area (Å²) in [4.78, 5) is 3.52. The van der Waals surface area contributed by atoms with Gasteiger partial charge < -0.3 is 10.8 Å². The summed E-state index contributed by atoms with van der Waals surface area (Å²) in [5.74, 6) is 0.400. The zero-order valence-electron chi connectivity index (χ0n) is 4.56. The number of aliphatic imine (C=N–C) groups is 1. The van der Waals surface area contributed by atoms with E-state index < -0.39 is 6.35 Å². The second-order valence-corrected chi connectivity index (χ2v) is 1.31. The number of amidine groups is 1. The lowest BCUT2D eigenvalue weighted by molar-refractivity contribution is 0.194. The lowest BCUT2D eigenvalue weighted by atomic mass is 10.6. The molecule has 0 aromatic carbocycles. The van der Waals surface area contributed by atoms with Crippen LogP contribution in [-0.4, -0.2) is 23.8 Å². The number of rotatable bonds is 1. The van der Waals surface area contributed by atoms with Crippen molar-refractivity contribution in [2.45, 2.75) is 6.35 Å². The zero-order chi connectivity index (χ0) is 5.98. The maximum atomic E-state index is 8.53. The molecule has 1 aliphatic rings. The third kappa shape index (κ3) is 2.05. The van der Waals surface area contributed by atoms with Crippen LogP contribution < -0.4 is 5.73 Å². The Kier molecular flexibility index (Phi) is 3.29. The molecule has 0 fully saturated rings. The van der Waals surface area contributed by atoms with Gasteiger partial charge in [-0.25, -0.2) is 4.99 Å². The number of aliphatic hydroxyl groups excluding tert-OH is 1. The highest BCUT2D eigenvalue weighted by Crippen LogP contribution is 1.99. The highest BCUT2D eigenvalue weighted by molar-refractivity contribution is 5.85. The van der Waals surface area contributed by atoms with Crippen LogP contribution in [0.15, 0.2) is 15.2 Å². The predicted octanol–water partition coefficient (Wildman–Crippen LogP) is -0.493. The summed E-state index contributed by atoms with van der Waals surface area (Å²) in [6.45, 7) is 0.237. The third-order valence-electron chi connectivity index (χ3n) is 0.724. The minimum Gasteiger partial charge on any atom is -0.353 e. The van der Waals surface area contributed by atoms with Crippen molar-refractivity contribution in [3.05, 3.63) is 0 Å². The van der Waals surface area contributed by atoms with Gasteiger partial charge in [0.25, 0.3) is 6.35 Å². The molecule has 5 nitrogen and oxygen atoms in total. The van der Waals surface area contributed by atoms with E-state index in [0.29, 0.717) is 5.84 Å². The zero-order valence-corrected chi connectivity index (χ0v) is 5.38. The topological polar surface area (TPSA) is 83.3 Å². The van der Waals surface area contributed by atoms with Gasteiger partial charge in [-0.2, -0.15) is 0 Å². The molecule has 0 saturated carbocycles. The summed E-state index contributed by atoms with van der Waals surface area (Å²) in [6.07, 6.45) is -1.01. The first kappa shape index (κ1) is 8.48. The highest BCUT2D eigenvalue weighted by atomic mass is 35.5. The summed E-state index contributed by atoms with van der Waals surface area (Å²) in [5, 5.41) is 15.2. The molecular formula is C3H7ClN4O. The fourth-order valence-electron chi connectivity index (χ4n) is 0.397. The largest absolute Gasteiger partial charge is 0.353 e. The summed E-state index contributed by atoms with van der Waals surface area (Å²) in [5.41, 5.74) is 5.10. The highest BCUT2D eigenvalue weighted by Gasteiger charge is 2.06. The summed E-state index contributed by atoms with van der Waals surface area (Å²) < 4.78 is 0. The second kappa shape index (κ2) is 3.49. The molecule has 0 bridgehead atoms. The average molecular weight is 151 g/mol. The molecule has 1 rings (SSSR count). The first-order chi connectivity index (χ1) is 3.83. The van der Waals surface area contributed by atoms with E-state index in [2.05, 4.69) is 15.2 Å². The Labute approximate surface area is 58.1 Å². The SMILES string of the molecule is Cl.NCC1=NC(O)N=N1. The molecule has 0 saturated heterocycles. The normalized spacial score (nSPS) is 23.3. The van der Waals surface area contributed by atoms with E-state index >= 15 is 0 Å². The Bertz CT molecular complexity index is 145. The van der Waals surface area contributed by atoms with Crippen molar-refractivity contribution < 1.29 is 5.11 Å². The smallest absolute Gasteiger partial charge is 0.264 e. The molecule has 9 heavy (non-hydrogen) atoms. The number of azo groups is 1. The molecule has 0 aromatic heterocycles. The van der Waals surface area contributed by atoms with E-state index in [4.69, 9.17) is 10.8 Å². The Hall–Kier alpha value is -0.520.